The van der Waals surface area contributed by atoms with Gasteiger partial charge in [-0.15, -0.1) is 0 Å². The summed E-state index contributed by atoms with van der Waals surface area (Å²) in [5.41, 5.74) is 4.43. The molecule has 0 N–H and O–H groups in total. The van der Waals surface area contributed by atoms with Crippen LogP contribution in [0, 0.1) is 20.8 Å². The number of aryl methyl sites for hydroxylation is 2. The predicted octanol–water partition coefficient (Wildman–Crippen LogP) is 3.11. The van der Waals surface area contributed by atoms with Gasteiger partial charge in [0.1, 0.15) is 0 Å². The van der Waals surface area contributed by atoms with Crippen LogP contribution in [0.5, 0.6) is 0 Å². The van der Waals surface area contributed by atoms with Gasteiger partial charge in [0, 0.05) is 18.7 Å². The molecule has 1 saturated heterocycles. The van der Waals surface area contributed by atoms with Gasteiger partial charge in [-0.1, -0.05) is 13.8 Å². The number of benzene rings is 1. The lowest BCUT2D eigenvalue weighted by Crippen LogP contribution is -2.40. The van der Waals surface area contributed by atoms with Crippen LogP contribution < -0.4 is 0 Å². The highest BCUT2D eigenvalue weighted by Gasteiger charge is 2.19. The Labute approximate surface area is 116 Å². The Morgan fingerprint density at radius 3 is 2.00 bits per heavy atom. The molecule has 1 aliphatic heterocycles. The fraction of sp³-hybridized carbons (Fsp3) is 0.562. The summed E-state index contributed by atoms with van der Waals surface area (Å²) in [5.74, 6) is 0.125. The first-order valence-corrected chi connectivity index (χ1v) is 7.04. The molecule has 1 fully saturated rings. The number of hydrogen-bond acceptors (Lipinski definition) is 2. The molecule has 0 unspecified atom stereocenters. The summed E-state index contributed by atoms with van der Waals surface area (Å²) >= 11 is 0. The number of rotatable bonds is 1. The molecule has 3 nitrogen and oxygen atoms in total. The van der Waals surface area contributed by atoms with E-state index in [-0.39, 0.29) is 5.91 Å². The second-order valence-electron chi connectivity index (χ2n) is 4.64. The summed E-state index contributed by atoms with van der Waals surface area (Å²) in [6, 6.07) is 3.97. The molecule has 0 atom stereocenters. The molecule has 19 heavy (non-hydrogen) atoms. The van der Waals surface area contributed by atoms with Crippen molar-refractivity contribution in [3.05, 3.63) is 34.4 Å². The summed E-state index contributed by atoms with van der Waals surface area (Å²) in [6.45, 7) is 12.9. The van der Waals surface area contributed by atoms with Crippen molar-refractivity contribution in [3.63, 3.8) is 0 Å². The Hall–Kier alpha value is -1.35. The number of ether oxygens (including phenoxy) is 1. The van der Waals surface area contributed by atoms with E-state index < -0.39 is 0 Å². The summed E-state index contributed by atoms with van der Waals surface area (Å²) < 4.78 is 5.26. The maximum Gasteiger partial charge on any atom is 0.254 e. The third kappa shape index (κ3) is 3.80. The van der Waals surface area contributed by atoms with Gasteiger partial charge in [0.25, 0.3) is 5.91 Å². The second-order valence-corrected chi connectivity index (χ2v) is 4.64. The molecule has 1 aromatic rings. The molecule has 1 heterocycles. The summed E-state index contributed by atoms with van der Waals surface area (Å²) in [7, 11) is 0. The van der Waals surface area contributed by atoms with Crippen LogP contribution in [-0.4, -0.2) is 37.1 Å². The van der Waals surface area contributed by atoms with Crippen molar-refractivity contribution in [1.82, 2.24) is 4.90 Å². The zero-order valence-corrected chi connectivity index (χ0v) is 12.7. The van der Waals surface area contributed by atoms with Gasteiger partial charge in [-0.3, -0.25) is 4.79 Å². The number of carbonyl (C=O) groups is 1. The first-order chi connectivity index (χ1) is 9.09. The zero-order valence-electron chi connectivity index (χ0n) is 12.7. The second kappa shape index (κ2) is 7.29. The van der Waals surface area contributed by atoms with Crippen molar-refractivity contribution in [1.29, 1.82) is 0 Å². The van der Waals surface area contributed by atoms with Gasteiger partial charge in [-0.05, 0) is 49.6 Å². The van der Waals surface area contributed by atoms with Crippen molar-refractivity contribution in [2.45, 2.75) is 34.6 Å². The lowest BCUT2D eigenvalue weighted by molar-refractivity contribution is 0.0303. The van der Waals surface area contributed by atoms with Crippen molar-refractivity contribution < 1.29 is 9.53 Å². The van der Waals surface area contributed by atoms with Crippen LogP contribution in [0.25, 0.3) is 0 Å². The summed E-state index contributed by atoms with van der Waals surface area (Å²) in [5, 5.41) is 0. The molecule has 1 aliphatic rings. The van der Waals surface area contributed by atoms with Crippen molar-refractivity contribution >= 4 is 5.91 Å². The molecule has 0 bridgehead atoms. The van der Waals surface area contributed by atoms with E-state index in [0.29, 0.717) is 26.3 Å². The Morgan fingerprint density at radius 1 is 1.05 bits per heavy atom. The van der Waals surface area contributed by atoms with Crippen LogP contribution in [-0.2, 0) is 4.74 Å². The van der Waals surface area contributed by atoms with E-state index in [2.05, 4.69) is 20.8 Å². The van der Waals surface area contributed by atoms with Gasteiger partial charge >= 0.3 is 0 Å². The molecule has 0 aromatic heterocycles. The average molecular weight is 263 g/mol. The predicted molar refractivity (Wildman–Crippen MR) is 78.7 cm³/mol. The van der Waals surface area contributed by atoms with Gasteiger partial charge in [-0.2, -0.15) is 0 Å². The van der Waals surface area contributed by atoms with Crippen LogP contribution in [0.2, 0.25) is 0 Å². The van der Waals surface area contributed by atoms with Gasteiger partial charge < -0.3 is 9.64 Å². The highest BCUT2D eigenvalue weighted by atomic mass is 16.5. The molecule has 1 amide bonds. The largest absolute Gasteiger partial charge is 0.378 e. The summed E-state index contributed by atoms with van der Waals surface area (Å²) in [6.07, 6.45) is 0. The van der Waals surface area contributed by atoms with E-state index in [9.17, 15) is 4.79 Å². The lowest BCUT2D eigenvalue weighted by Gasteiger charge is -2.27. The van der Waals surface area contributed by atoms with E-state index >= 15 is 0 Å². The van der Waals surface area contributed by atoms with Gasteiger partial charge in [0.2, 0.25) is 0 Å². The molecular weight excluding hydrogens is 238 g/mol. The zero-order chi connectivity index (χ0) is 14.4. The quantitative estimate of drug-likeness (QED) is 0.779. The minimum Gasteiger partial charge on any atom is -0.378 e. The number of hydrogen-bond donors (Lipinski definition) is 0. The first kappa shape index (κ1) is 15.7. The van der Waals surface area contributed by atoms with E-state index in [1.165, 1.54) is 16.7 Å². The normalized spacial score (nSPS) is 14.7. The fourth-order valence-electron chi connectivity index (χ4n) is 2.11. The molecule has 3 heteroatoms. The smallest absolute Gasteiger partial charge is 0.254 e. The lowest BCUT2D eigenvalue weighted by atomic mass is 10.00. The standard InChI is InChI=1S/C14H19NO2.C2H6/c1-10-8-13(9-11(2)12(10)3)14(16)15-4-6-17-7-5-15;1-2/h8-9H,4-7H2,1-3H3;1-2H3. The number of nitrogens with zero attached hydrogens (tertiary/aromatic N) is 1. The summed E-state index contributed by atoms with van der Waals surface area (Å²) in [4.78, 5) is 14.2. The Morgan fingerprint density at radius 2 is 1.53 bits per heavy atom. The van der Waals surface area contributed by atoms with E-state index in [0.717, 1.165) is 5.56 Å². The van der Waals surface area contributed by atoms with Gasteiger partial charge in [0.05, 0.1) is 13.2 Å². The minimum atomic E-state index is 0.125. The maximum atomic E-state index is 12.3. The minimum absolute atomic E-state index is 0.125. The van der Waals surface area contributed by atoms with Crippen LogP contribution in [0.1, 0.15) is 40.9 Å². The molecule has 0 aliphatic carbocycles. The maximum absolute atomic E-state index is 12.3. The number of amides is 1. The third-order valence-corrected chi connectivity index (χ3v) is 3.47. The highest BCUT2D eigenvalue weighted by Crippen LogP contribution is 2.17. The van der Waals surface area contributed by atoms with Gasteiger partial charge in [-0.25, -0.2) is 0 Å². The first-order valence-electron chi connectivity index (χ1n) is 7.04. The molecule has 106 valence electrons. The van der Waals surface area contributed by atoms with Crippen molar-refractivity contribution in [2.75, 3.05) is 26.3 Å². The number of carbonyl (C=O) groups excluding carboxylic acids is 1. The number of morpholine rings is 1. The van der Waals surface area contributed by atoms with Crippen LogP contribution in [0.15, 0.2) is 12.1 Å². The molecular formula is C16H25NO2. The molecule has 0 saturated carbocycles. The van der Waals surface area contributed by atoms with E-state index in [1.54, 1.807) is 0 Å². The van der Waals surface area contributed by atoms with E-state index in [1.807, 2.05) is 30.9 Å². The fourth-order valence-corrected chi connectivity index (χ4v) is 2.11. The average Bonchev–Trinajstić information content (AvgIpc) is 2.46. The highest BCUT2D eigenvalue weighted by molar-refractivity contribution is 5.94. The Kier molecular flexibility index (Phi) is 6.03. The monoisotopic (exact) mass is 263 g/mol. The molecule has 0 radical (unpaired) electrons. The SMILES string of the molecule is CC.Cc1cc(C(=O)N2CCOCC2)cc(C)c1C. The van der Waals surface area contributed by atoms with Crippen molar-refractivity contribution in [2.24, 2.45) is 0 Å². The topological polar surface area (TPSA) is 29.5 Å². The van der Waals surface area contributed by atoms with Crippen LogP contribution >= 0.6 is 0 Å². The van der Waals surface area contributed by atoms with Gasteiger partial charge in [0.15, 0.2) is 0 Å². The molecule has 0 spiro atoms. The Balaban J connectivity index is 0.000000861. The molecule has 1 aromatic carbocycles. The Bertz CT molecular complexity index is 411. The van der Waals surface area contributed by atoms with E-state index in [4.69, 9.17) is 4.74 Å². The molecule has 2 rings (SSSR count). The third-order valence-electron chi connectivity index (χ3n) is 3.47. The van der Waals surface area contributed by atoms with Crippen LogP contribution in [0.3, 0.4) is 0 Å². The van der Waals surface area contributed by atoms with Crippen molar-refractivity contribution in [3.8, 4) is 0 Å². The van der Waals surface area contributed by atoms with Crippen LogP contribution in [0.4, 0.5) is 0 Å².